The van der Waals surface area contributed by atoms with Gasteiger partial charge in [0.1, 0.15) is 0 Å². The van der Waals surface area contributed by atoms with E-state index in [1.54, 1.807) is 35.2 Å². The summed E-state index contributed by atoms with van der Waals surface area (Å²) in [5, 5.41) is 0. The molecule has 0 bridgehead atoms. The van der Waals surface area contributed by atoms with Crippen molar-refractivity contribution in [3.05, 3.63) is 59.7 Å². The molecule has 0 saturated carbocycles. The number of nitrogens with zero attached hydrogens (tertiary/aromatic N) is 1. The van der Waals surface area contributed by atoms with Crippen LogP contribution in [0, 0.1) is 0 Å². The van der Waals surface area contributed by atoms with Gasteiger partial charge in [-0.15, -0.1) is 0 Å². The second-order valence-electron chi connectivity index (χ2n) is 6.85. The van der Waals surface area contributed by atoms with Gasteiger partial charge in [0.15, 0.2) is 11.5 Å². The standard InChI is InChI=1S/C22H23NO6/c24-21(23-9-13-26-14-10-23)20(16-5-2-1-3-6-16)29-22(25)17-7-8-18-19(15-17)28-12-4-11-27-18/h1-3,5-8,15,20H,4,9-14H2/t20-/m1/s1. The van der Waals surface area contributed by atoms with Crippen molar-refractivity contribution in [2.75, 3.05) is 39.5 Å². The van der Waals surface area contributed by atoms with Crippen LogP contribution in [0.15, 0.2) is 48.5 Å². The Morgan fingerprint density at radius 1 is 0.897 bits per heavy atom. The highest BCUT2D eigenvalue weighted by atomic mass is 16.6. The van der Waals surface area contributed by atoms with Crippen LogP contribution in [0.4, 0.5) is 0 Å². The third kappa shape index (κ3) is 4.51. The molecule has 2 aromatic carbocycles. The molecule has 4 rings (SSSR count). The smallest absolute Gasteiger partial charge is 0.339 e. The van der Waals surface area contributed by atoms with Crippen molar-refractivity contribution in [2.45, 2.75) is 12.5 Å². The Labute approximate surface area is 169 Å². The lowest BCUT2D eigenvalue weighted by Crippen LogP contribution is -2.44. The number of hydrogen-bond acceptors (Lipinski definition) is 6. The first kappa shape index (κ1) is 19.3. The van der Waals surface area contributed by atoms with E-state index in [0.717, 1.165) is 6.42 Å². The van der Waals surface area contributed by atoms with Crippen LogP contribution in [0.2, 0.25) is 0 Å². The molecule has 2 aromatic rings. The number of carbonyl (C=O) groups excluding carboxylic acids is 2. The maximum absolute atomic E-state index is 13.1. The predicted molar refractivity (Wildman–Crippen MR) is 104 cm³/mol. The van der Waals surface area contributed by atoms with E-state index >= 15 is 0 Å². The first-order valence-electron chi connectivity index (χ1n) is 9.74. The molecule has 29 heavy (non-hydrogen) atoms. The summed E-state index contributed by atoms with van der Waals surface area (Å²) in [5.74, 6) is 0.272. The Morgan fingerprint density at radius 2 is 1.62 bits per heavy atom. The molecule has 1 saturated heterocycles. The predicted octanol–water partition coefficient (Wildman–Crippen LogP) is 2.60. The number of rotatable bonds is 4. The topological polar surface area (TPSA) is 74.3 Å². The molecule has 0 radical (unpaired) electrons. The number of carbonyl (C=O) groups is 2. The van der Waals surface area contributed by atoms with Gasteiger partial charge in [0.05, 0.1) is 32.0 Å². The van der Waals surface area contributed by atoms with Crippen LogP contribution in [0.1, 0.15) is 28.4 Å². The minimum atomic E-state index is -1.02. The van der Waals surface area contributed by atoms with Crippen LogP contribution in [-0.2, 0) is 14.3 Å². The quantitative estimate of drug-likeness (QED) is 0.739. The summed E-state index contributed by atoms with van der Waals surface area (Å²) < 4.78 is 22.3. The van der Waals surface area contributed by atoms with Crippen LogP contribution in [0.5, 0.6) is 11.5 Å². The maximum Gasteiger partial charge on any atom is 0.339 e. The monoisotopic (exact) mass is 397 g/mol. The molecule has 0 N–H and O–H groups in total. The Morgan fingerprint density at radius 3 is 2.38 bits per heavy atom. The molecule has 2 aliphatic heterocycles. The average Bonchev–Trinajstić information content (AvgIpc) is 3.03. The fraction of sp³-hybridized carbons (Fsp3) is 0.364. The molecule has 0 aliphatic carbocycles. The fourth-order valence-corrected chi connectivity index (χ4v) is 3.30. The summed E-state index contributed by atoms with van der Waals surface area (Å²) in [4.78, 5) is 27.6. The van der Waals surface area contributed by atoms with Crippen molar-refractivity contribution < 1.29 is 28.5 Å². The number of ether oxygens (including phenoxy) is 4. The molecular weight excluding hydrogens is 374 g/mol. The first-order chi connectivity index (χ1) is 14.2. The number of esters is 1. The summed E-state index contributed by atoms with van der Waals surface area (Å²) in [5.41, 5.74) is 0.941. The van der Waals surface area contributed by atoms with Gasteiger partial charge in [-0.3, -0.25) is 4.79 Å². The van der Waals surface area contributed by atoms with Gasteiger partial charge in [-0.2, -0.15) is 0 Å². The van der Waals surface area contributed by atoms with Crippen molar-refractivity contribution in [1.29, 1.82) is 0 Å². The van der Waals surface area contributed by atoms with Gasteiger partial charge < -0.3 is 23.8 Å². The third-order valence-corrected chi connectivity index (χ3v) is 4.86. The summed E-state index contributed by atoms with van der Waals surface area (Å²) >= 11 is 0. The van der Waals surface area contributed by atoms with Crippen LogP contribution in [0.3, 0.4) is 0 Å². The maximum atomic E-state index is 13.1. The van der Waals surface area contributed by atoms with Gasteiger partial charge in [0, 0.05) is 25.1 Å². The molecule has 2 heterocycles. The third-order valence-electron chi connectivity index (χ3n) is 4.86. The van der Waals surface area contributed by atoms with E-state index in [1.807, 2.05) is 18.2 Å². The van der Waals surface area contributed by atoms with Crippen LogP contribution < -0.4 is 9.47 Å². The number of benzene rings is 2. The van der Waals surface area contributed by atoms with Crippen molar-refractivity contribution in [3.63, 3.8) is 0 Å². The summed E-state index contributed by atoms with van der Waals surface area (Å²) in [6.45, 7) is 2.99. The van der Waals surface area contributed by atoms with E-state index < -0.39 is 12.1 Å². The number of fused-ring (bicyclic) bond motifs is 1. The van der Waals surface area contributed by atoms with E-state index in [-0.39, 0.29) is 5.91 Å². The first-order valence-corrected chi connectivity index (χ1v) is 9.74. The van der Waals surface area contributed by atoms with Gasteiger partial charge in [-0.25, -0.2) is 4.79 Å². The summed E-state index contributed by atoms with van der Waals surface area (Å²) in [6.07, 6.45) is -0.240. The lowest BCUT2D eigenvalue weighted by Gasteiger charge is -2.30. The summed E-state index contributed by atoms with van der Waals surface area (Å²) in [6, 6.07) is 14.0. The zero-order chi connectivity index (χ0) is 20.1. The lowest BCUT2D eigenvalue weighted by atomic mass is 10.1. The van der Waals surface area contributed by atoms with Crippen molar-refractivity contribution in [1.82, 2.24) is 4.90 Å². The highest BCUT2D eigenvalue weighted by Gasteiger charge is 2.31. The van der Waals surface area contributed by atoms with Gasteiger partial charge in [0.2, 0.25) is 6.10 Å². The minimum Gasteiger partial charge on any atom is -0.490 e. The van der Waals surface area contributed by atoms with E-state index in [0.29, 0.717) is 62.1 Å². The normalized spacial score (nSPS) is 17.2. The molecule has 1 atom stereocenters. The molecule has 7 heteroatoms. The molecule has 0 spiro atoms. The lowest BCUT2D eigenvalue weighted by molar-refractivity contribution is -0.145. The average molecular weight is 397 g/mol. The Hall–Kier alpha value is -3.06. The second-order valence-corrected chi connectivity index (χ2v) is 6.85. The SMILES string of the molecule is O=C(O[C@@H](C(=O)N1CCOCC1)c1ccccc1)c1ccc2c(c1)OCCCO2. The van der Waals surface area contributed by atoms with Crippen LogP contribution in [0.25, 0.3) is 0 Å². The van der Waals surface area contributed by atoms with Gasteiger partial charge in [0.25, 0.3) is 5.91 Å². The molecule has 1 fully saturated rings. The van der Waals surface area contributed by atoms with Gasteiger partial charge in [-0.05, 0) is 18.2 Å². The van der Waals surface area contributed by atoms with Crippen molar-refractivity contribution in [3.8, 4) is 11.5 Å². The second kappa shape index (κ2) is 8.96. The Bertz CT molecular complexity index is 863. The highest BCUT2D eigenvalue weighted by Crippen LogP contribution is 2.31. The van der Waals surface area contributed by atoms with Crippen molar-refractivity contribution in [2.24, 2.45) is 0 Å². The van der Waals surface area contributed by atoms with Crippen LogP contribution >= 0.6 is 0 Å². The van der Waals surface area contributed by atoms with Crippen molar-refractivity contribution >= 4 is 11.9 Å². The zero-order valence-electron chi connectivity index (χ0n) is 16.0. The zero-order valence-corrected chi connectivity index (χ0v) is 16.0. The van der Waals surface area contributed by atoms with E-state index in [1.165, 1.54) is 0 Å². The number of hydrogen-bond donors (Lipinski definition) is 0. The number of morpholine rings is 1. The van der Waals surface area contributed by atoms with Gasteiger partial charge >= 0.3 is 5.97 Å². The highest BCUT2D eigenvalue weighted by molar-refractivity contribution is 5.93. The Balaban J connectivity index is 1.56. The van der Waals surface area contributed by atoms with E-state index in [4.69, 9.17) is 18.9 Å². The van der Waals surface area contributed by atoms with Gasteiger partial charge in [-0.1, -0.05) is 30.3 Å². The Kier molecular flexibility index (Phi) is 5.95. The minimum absolute atomic E-state index is 0.248. The molecule has 1 amide bonds. The summed E-state index contributed by atoms with van der Waals surface area (Å²) in [7, 11) is 0. The largest absolute Gasteiger partial charge is 0.490 e. The number of amides is 1. The van der Waals surface area contributed by atoms with E-state index in [9.17, 15) is 9.59 Å². The molecule has 152 valence electrons. The molecule has 0 aromatic heterocycles. The van der Waals surface area contributed by atoms with E-state index in [2.05, 4.69) is 0 Å². The molecular formula is C22H23NO6. The molecule has 2 aliphatic rings. The molecule has 0 unspecified atom stereocenters. The van der Waals surface area contributed by atoms with Crippen LogP contribution in [-0.4, -0.2) is 56.3 Å². The molecule has 7 nitrogen and oxygen atoms in total. The fourth-order valence-electron chi connectivity index (χ4n) is 3.30.